The molecule has 0 bridgehead atoms. The molecule has 3 aromatic carbocycles. The third-order valence-electron chi connectivity index (χ3n) is 4.22. The number of hydrogen-bond donors (Lipinski definition) is 0. The third-order valence-corrected chi connectivity index (χ3v) is 4.22. The van der Waals surface area contributed by atoms with Crippen LogP contribution < -0.4 is 5.63 Å². The summed E-state index contributed by atoms with van der Waals surface area (Å²) in [6, 6.07) is 22.1. The Morgan fingerprint density at radius 1 is 0.792 bits per heavy atom. The van der Waals surface area contributed by atoms with Crippen molar-refractivity contribution in [2.24, 2.45) is 0 Å². The van der Waals surface area contributed by atoms with Crippen LogP contribution in [-0.4, -0.2) is 0 Å². The van der Waals surface area contributed by atoms with Crippen LogP contribution in [0, 0.1) is 6.92 Å². The van der Waals surface area contributed by atoms with Gasteiger partial charge in [-0.2, -0.15) is 0 Å². The minimum Gasteiger partial charge on any atom is -0.423 e. The number of rotatable bonds is 2. The molecule has 1 heterocycles. The molecule has 0 fully saturated rings. The van der Waals surface area contributed by atoms with Crippen molar-refractivity contribution < 1.29 is 4.42 Å². The second-order valence-electron chi connectivity index (χ2n) is 5.94. The van der Waals surface area contributed by atoms with Crippen LogP contribution in [0.15, 0.2) is 75.9 Å². The van der Waals surface area contributed by atoms with Gasteiger partial charge in [0, 0.05) is 11.5 Å². The van der Waals surface area contributed by atoms with Gasteiger partial charge in [-0.1, -0.05) is 54.6 Å². The van der Waals surface area contributed by atoms with Gasteiger partial charge in [0.2, 0.25) is 0 Å². The zero-order chi connectivity index (χ0) is 16.5. The second-order valence-corrected chi connectivity index (χ2v) is 5.94. The summed E-state index contributed by atoms with van der Waals surface area (Å²) in [6.07, 6.45) is 4.18. The Labute approximate surface area is 139 Å². The fourth-order valence-corrected chi connectivity index (χ4v) is 2.94. The van der Waals surface area contributed by atoms with Gasteiger partial charge < -0.3 is 4.42 Å². The molecule has 0 atom stereocenters. The van der Waals surface area contributed by atoms with Crippen molar-refractivity contribution in [3.63, 3.8) is 0 Å². The largest absolute Gasteiger partial charge is 0.423 e. The van der Waals surface area contributed by atoms with Crippen LogP contribution >= 0.6 is 0 Å². The van der Waals surface area contributed by atoms with Gasteiger partial charge in [0.25, 0.3) is 0 Å². The molecule has 0 radical (unpaired) electrons. The number of fused-ring (bicyclic) bond motifs is 2. The van der Waals surface area contributed by atoms with E-state index in [2.05, 4.69) is 48.6 Å². The molecule has 2 nitrogen and oxygen atoms in total. The average Bonchev–Trinajstić information content (AvgIpc) is 2.60. The Kier molecular flexibility index (Phi) is 3.51. The lowest BCUT2D eigenvalue weighted by atomic mass is 10.0. The Morgan fingerprint density at radius 2 is 1.50 bits per heavy atom. The number of hydrogen-bond acceptors (Lipinski definition) is 2. The molecule has 4 rings (SSSR count). The molecule has 0 aliphatic carbocycles. The highest BCUT2D eigenvalue weighted by Crippen LogP contribution is 2.21. The smallest absolute Gasteiger partial charge is 0.336 e. The topological polar surface area (TPSA) is 30.2 Å². The van der Waals surface area contributed by atoms with Crippen molar-refractivity contribution in [2.75, 3.05) is 0 Å². The average molecular weight is 312 g/mol. The Morgan fingerprint density at radius 3 is 2.33 bits per heavy atom. The van der Waals surface area contributed by atoms with Gasteiger partial charge in [-0.15, -0.1) is 0 Å². The number of aryl methyl sites for hydroxylation is 1. The first-order valence-corrected chi connectivity index (χ1v) is 7.90. The zero-order valence-electron chi connectivity index (χ0n) is 13.3. The van der Waals surface area contributed by atoms with Crippen LogP contribution in [0.1, 0.15) is 16.7 Å². The van der Waals surface area contributed by atoms with Gasteiger partial charge in [0.1, 0.15) is 5.58 Å². The van der Waals surface area contributed by atoms with Gasteiger partial charge in [0.15, 0.2) is 0 Å². The first-order chi connectivity index (χ1) is 11.7. The van der Waals surface area contributed by atoms with Gasteiger partial charge >= 0.3 is 5.63 Å². The quantitative estimate of drug-likeness (QED) is 0.365. The highest BCUT2D eigenvalue weighted by Gasteiger charge is 2.02. The maximum atomic E-state index is 11.4. The summed E-state index contributed by atoms with van der Waals surface area (Å²) < 4.78 is 5.23. The summed E-state index contributed by atoms with van der Waals surface area (Å²) >= 11 is 0. The fourth-order valence-electron chi connectivity index (χ4n) is 2.94. The van der Waals surface area contributed by atoms with Crippen LogP contribution in [0.5, 0.6) is 0 Å². The van der Waals surface area contributed by atoms with Crippen molar-refractivity contribution in [2.45, 2.75) is 6.92 Å². The van der Waals surface area contributed by atoms with E-state index in [0.29, 0.717) is 5.58 Å². The normalized spacial score (nSPS) is 11.5. The Bertz CT molecular complexity index is 1130. The van der Waals surface area contributed by atoms with Crippen molar-refractivity contribution in [3.8, 4) is 0 Å². The molecule has 116 valence electrons. The lowest BCUT2D eigenvalue weighted by Gasteiger charge is -2.02. The summed E-state index contributed by atoms with van der Waals surface area (Å²) in [4.78, 5) is 11.4. The van der Waals surface area contributed by atoms with E-state index in [-0.39, 0.29) is 5.63 Å². The van der Waals surface area contributed by atoms with Gasteiger partial charge in [-0.05, 0) is 52.6 Å². The summed E-state index contributed by atoms with van der Waals surface area (Å²) in [5, 5.41) is 3.44. The van der Waals surface area contributed by atoms with E-state index < -0.39 is 0 Å². The molecule has 0 saturated heterocycles. The van der Waals surface area contributed by atoms with E-state index in [1.807, 2.05) is 31.2 Å². The van der Waals surface area contributed by atoms with Crippen LogP contribution in [0.2, 0.25) is 0 Å². The van der Waals surface area contributed by atoms with Crippen molar-refractivity contribution in [3.05, 3.63) is 93.8 Å². The van der Waals surface area contributed by atoms with Crippen molar-refractivity contribution in [1.82, 2.24) is 0 Å². The van der Waals surface area contributed by atoms with E-state index >= 15 is 0 Å². The zero-order valence-corrected chi connectivity index (χ0v) is 13.3. The molecule has 2 heteroatoms. The predicted octanol–water partition coefficient (Wildman–Crippen LogP) is 5.43. The van der Waals surface area contributed by atoms with Crippen LogP contribution in [0.3, 0.4) is 0 Å². The third kappa shape index (κ3) is 2.74. The van der Waals surface area contributed by atoms with E-state index in [1.54, 1.807) is 0 Å². The van der Waals surface area contributed by atoms with Crippen molar-refractivity contribution in [1.29, 1.82) is 0 Å². The summed E-state index contributed by atoms with van der Waals surface area (Å²) in [7, 11) is 0. The summed E-state index contributed by atoms with van der Waals surface area (Å²) in [5.74, 6) is 0. The molecule has 0 saturated carbocycles. The second kappa shape index (κ2) is 5.82. The first kappa shape index (κ1) is 14.5. The lowest BCUT2D eigenvalue weighted by Crippen LogP contribution is -1.97. The summed E-state index contributed by atoms with van der Waals surface area (Å²) in [6.45, 7) is 1.93. The number of benzene rings is 3. The lowest BCUT2D eigenvalue weighted by molar-refractivity contribution is 0.560. The first-order valence-electron chi connectivity index (χ1n) is 7.90. The molecular formula is C22H16O2. The predicted molar refractivity (Wildman–Crippen MR) is 100 cm³/mol. The Hall–Kier alpha value is -3.13. The standard InChI is InChI=1S/C22H16O2/c1-15-12-22(23)24-21-11-9-17(14-20(15)21)7-6-16-8-10-18-4-2-3-5-19(18)13-16/h2-14H,1H3/b7-6+. The molecule has 24 heavy (non-hydrogen) atoms. The molecule has 4 aromatic rings. The van der Waals surface area contributed by atoms with Crippen LogP contribution in [0.25, 0.3) is 33.9 Å². The van der Waals surface area contributed by atoms with Crippen molar-refractivity contribution >= 4 is 33.9 Å². The van der Waals surface area contributed by atoms with Gasteiger partial charge in [-0.3, -0.25) is 0 Å². The molecule has 0 N–H and O–H groups in total. The summed E-state index contributed by atoms with van der Waals surface area (Å²) in [5.41, 5.74) is 3.49. The van der Waals surface area contributed by atoms with E-state index in [0.717, 1.165) is 22.1 Å². The van der Waals surface area contributed by atoms with E-state index in [1.165, 1.54) is 16.8 Å². The van der Waals surface area contributed by atoms with Gasteiger partial charge in [-0.25, -0.2) is 4.79 Å². The molecular weight excluding hydrogens is 296 g/mol. The monoisotopic (exact) mass is 312 g/mol. The molecule has 0 amide bonds. The molecule has 0 spiro atoms. The minimum atomic E-state index is -0.306. The minimum absolute atomic E-state index is 0.306. The van der Waals surface area contributed by atoms with Crippen LogP contribution in [-0.2, 0) is 0 Å². The fraction of sp³-hybridized carbons (Fsp3) is 0.0455. The van der Waals surface area contributed by atoms with E-state index in [9.17, 15) is 4.79 Å². The highest BCUT2D eigenvalue weighted by molar-refractivity contribution is 5.87. The SMILES string of the molecule is Cc1cc(=O)oc2ccc(/C=C/c3ccc4ccccc4c3)cc12. The molecule has 0 unspecified atom stereocenters. The van der Waals surface area contributed by atoms with Crippen LogP contribution in [0.4, 0.5) is 0 Å². The molecule has 0 aliphatic rings. The highest BCUT2D eigenvalue weighted by atomic mass is 16.4. The van der Waals surface area contributed by atoms with E-state index in [4.69, 9.17) is 4.42 Å². The molecule has 0 aliphatic heterocycles. The molecule has 1 aromatic heterocycles. The van der Waals surface area contributed by atoms with Gasteiger partial charge in [0.05, 0.1) is 0 Å². The maximum Gasteiger partial charge on any atom is 0.336 e. The maximum absolute atomic E-state index is 11.4. The Balaban J connectivity index is 1.72.